The second-order valence-corrected chi connectivity index (χ2v) is 7.88. The lowest BCUT2D eigenvalue weighted by Gasteiger charge is -2.03. The van der Waals surface area contributed by atoms with E-state index in [1.807, 2.05) is 44.2 Å². The molecule has 0 atom stereocenters. The standard InChI is InChI=1S/C15H18N2O2S.C9H11N/c1-2-14(18)19-11-7-3-6-10-16-15-17-12-8-4-5-9-13(12)20-15;1-7-3-4-8(2)9(5-7)6-10/h2,4-5,8-9H,1,3,6-7,10-11H2,(H,16,17);3-6,10H,1-2H3. The van der Waals surface area contributed by atoms with E-state index in [2.05, 4.69) is 29.0 Å². The van der Waals surface area contributed by atoms with Crippen LogP contribution in [0.3, 0.4) is 0 Å². The molecule has 3 aromatic rings. The van der Waals surface area contributed by atoms with E-state index >= 15 is 0 Å². The van der Waals surface area contributed by atoms with Gasteiger partial charge in [0, 0.05) is 18.8 Å². The largest absolute Gasteiger partial charge is 0.463 e. The molecule has 158 valence electrons. The number of unbranched alkanes of at least 4 members (excludes halogenated alkanes) is 2. The van der Waals surface area contributed by atoms with Crippen molar-refractivity contribution in [2.45, 2.75) is 33.1 Å². The van der Waals surface area contributed by atoms with Gasteiger partial charge in [0.15, 0.2) is 5.13 Å². The van der Waals surface area contributed by atoms with Crippen molar-refractivity contribution in [1.29, 1.82) is 5.41 Å². The molecule has 5 nitrogen and oxygen atoms in total. The van der Waals surface area contributed by atoms with Crippen molar-refractivity contribution in [3.8, 4) is 0 Å². The van der Waals surface area contributed by atoms with Gasteiger partial charge in [-0.05, 0) is 56.4 Å². The molecule has 2 N–H and O–H groups in total. The number of ether oxygens (including phenoxy) is 1. The molecule has 0 radical (unpaired) electrons. The summed E-state index contributed by atoms with van der Waals surface area (Å²) < 4.78 is 6.11. The number of hydrogen-bond donors (Lipinski definition) is 2. The van der Waals surface area contributed by atoms with Crippen molar-refractivity contribution >= 4 is 38.9 Å². The maximum Gasteiger partial charge on any atom is 0.330 e. The van der Waals surface area contributed by atoms with Crippen molar-refractivity contribution in [3.63, 3.8) is 0 Å². The molecule has 3 rings (SSSR count). The summed E-state index contributed by atoms with van der Waals surface area (Å²) in [6.07, 6.45) is 5.50. The van der Waals surface area contributed by atoms with Crippen LogP contribution in [0.1, 0.15) is 36.0 Å². The van der Waals surface area contributed by atoms with Gasteiger partial charge in [-0.3, -0.25) is 0 Å². The van der Waals surface area contributed by atoms with Gasteiger partial charge in [0.05, 0.1) is 16.8 Å². The lowest BCUT2D eigenvalue weighted by molar-refractivity contribution is -0.137. The maximum atomic E-state index is 10.8. The average molecular weight is 424 g/mol. The summed E-state index contributed by atoms with van der Waals surface area (Å²) in [7, 11) is 0. The minimum atomic E-state index is -0.349. The molecule has 0 amide bonds. The van der Waals surface area contributed by atoms with E-state index in [9.17, 15) is 4.79 Å². The Bertz CT molecular complexity index is 948. The van der Waals surface area contributed by atoms with Crippen LogP contribution in [0.4, 0.5) is 5.13 Å². The van der Waals surface area contributed by atoms with Crippen LogP contribution < -0.4 is 5.32 Å². The van der Waals surface area contributed by atoms with E-state index in [1.165, 1.54) is 28.1 Å². The van der Waals surface area contributed by atoms with Crippen LogP contribution in [-0.2, 0) is 9.53 Å². The maximum absolute atomic E-state index is 10.8. The number of para-hydroxylation sites is 1. The van der Waals surface area contributed by atoms with E-state index in [4.69, 9.17) is 10.1 Å². The van der Waals surface area contributed by atoms with Gasteiger partial charge in [0.2, 0.25) is 0 Å². The summed E-state index contributed by atoms with van der Waals surface area (Å²) in [5.41, 5.74) is 4.43. The summed E-state index contributed by atoms with van der Waals surface area (Å²) in [4.78, 5) is 15.3. The first-order valence-corrected chi connectivity index (χ1v) is 10.8. The van der Waals surface area contributed by atoms with Crippen LogP contribution in [0.5, 0.6) is 0 Å². The zero-order valence-electron chi connectivity index (χ0n) is 17.6. The van der Waals surface area contributed by atoms with Gasteiger partial charge in [0.25, 0.3) is 0 Å². The van der Waals surface area contributed by atoms with Crippen molar-refractivity contribution in [3.05, 3.63) is 71.8 Å². The Morgan fingerprint density at radius 1 is 1.20 bits per heavy atom. The Hall–Kier alpha value is -2.99. The molecule has 1 aromatic heterocycles. The van der Waals surface area contributed by atoms with Gasteiger partial charge in [-0.2, -0.15) is 0 Å². The van der Waals surface area contributed by atoms with E-state index < -0.39 is 0 Å². The van der Waals surface area contributed by atoms with E-state index in [0.29, 0.717) is 6.61 Å². The van der Waals surface area contributed by atoms with E-state index in [0.717, 1.165) is 42.0 Å². The number of benzene rings is 2. The minimum Gasteiger partial charge on any atom is -0.463 e. The highest BCUT2D eigenvalue weighted by Gasteiger charge is 2.01. The molecular formula is C24H29N3O2S. The zero-order valence-corrected chi connectivity index (χ0v) is 18.4. The lowest BCUT2D eigenvalue weighted by Crippen LogP contribution is -2.04. The molecule has 0 unspecified atom stereocenters. The SMILES string of the molecule is C=CC(=O)OCCCCCNc1nc2ccccc2s1.Cc1ccc(C)c(C=N)c1. The number of carbonyl (C=O) groups is 1. The Morgan fingerprint density at radius 2 is 2.00 bits per heavy atom. The fourth-order valence-corrected chi connectivity index (χ4v) is 3.59. The first-order valence-electron chi connectivity index (χ1n) is 10.00. The second kappa shape index (κ2) is 12.5. The molecule has 0 saturated carbocycles. The summed E-state index contributed by atoms with van der Waals surface area (Å²) in [5.74, 6) is -0.349. The normalized spacial score (nSPS) is 10.1. The number of aryl methyl sites for hydroxylation is 2. The number of hydrogen-bond acceptors (Lipinski definition) is 6. The smallest absolute Gasteiger partial charge is 0.330 e. The van der Waals surface area contributed by atoms with E-state index in [1.54, 1.807) is 11.3 Å². The number of rotatable bonds is 9. The topological polar surface area (TPSA) is 75.1 Å². The number of nitrogens with zero attached hydrogens (tertiary/aromatic N) is 1. The summed E-state index contributed by atoms with van der Waals surface area (Å²) in [5, 5.41) is 11.3. The molecule has 0 fully saturated rings. The molecule has 0 bridgehead atoms. The number of fused-ring (bicyclic) bond motifs is 1. The highest BCUT2D eigenvalue weighted by Crippen LogP contribution is 2.25. The van der Waals surface area contributed by atoms with Crippen molar-refractivity contribution < 1.29 is 9.53 Å². The Morgan fingerprint density at radius 3 is 2.70 bits per heavy atom. The molecule has 0 aliphatic rings. The second-order valence-electron chi connectivity index (χ2n) is 6.85. The van der Waals surface area contributed by atoms with Crippen LogP contribution >= 0.6 is 11.3 Å². The van der Waals surface area contributed by atoms with Gasteiger partial charge in [-0.1, -0.05) is 53.8 Å². The number of aromatic nitrogens is 1. The molecule has 0 aliphatic carbocycles. The number of esters is 1. The Labute approximate surface area is 182 Å². The van der Waals surface area contributed by atoms with Crippen molar-refractivity contribution in [1.82, 2.24) is 4.98 Å². The lowest BCUT2D eigenvalue weighted by atomic mass is 10.1. The monoisotopic (exact) mass is 423 g/mol. The molecule has 0 spiro atoms. The highest BCUT2D eigenvalue weighted by molar-refractivity contribution is 7.22. The molecule has 1 heterocycles. The zero-order chi connectivity index (χ0) is 21.8. The van der Waals surface area contributed by atoms with Crippen LogP contribution in [0, 0.1) is 19.3 Å². The fraction of sp³-hybridized carbons (Fsp3) is 0.292. The van der Waals surface area contributed by atoms with E-state index in [-0.39, 0.29) is 5.97 Å². The Kier molecular flexibility index (Phi) is 9.74. The third-order valence-electron chi connectivity index (χ3n) is 4.39. The average Bonchev–Trinajstić information content (AvgIpc) is 3.17. The van der Waals surface area contributed by atoms with Gasteiger partial charge in [-0.15, -0.1) is 0 Å². The van der Waals surface area contributed by atoms with Crippen LogP contribution in [0.2, 0.25) is 0 Å². The van der Waals surface area contributed by atoms with Gasteiger partial charge < -0.3 is 15.5 Å². The van der Waals surface area contributed by atoms with Crippen LogP contribution in [0.25, 0.3) is 10.2 Å². The number of carbonyl (C=O) groups excluding carboxylic acids is 1. The first-order chi connectivity index (χ1) is 14.5. The highest BCUT2D eigenvalue weighted by atomic mass is 32.1. The summed E-state index contributed by atoms with van der Waals surface area (Å²) >= 11 is 1.67. The number of anilines is 1. The summed E-state index contributed by atoms with van der Waals surface area (Å²) in [6.45, 7) is 8.75. The van der Waals surface area contributed by atoms with Crippen LogP contribution in [0.15, 0.2) is 55.1 Å². The molecule has 30 heavy (non-hydrogen) atoms. The molecule has 0 saturated heterocycles. The van der Waals surface area contributed by atoms with Gasteiger partial charge in [0.1, 0.15) is 0 Å². The first kappa shape index (κ1) is 23.3. The Balaban J connectivity index is 0.000000269. The third kappa shape index (κ3) is 7.79. The number of thiazole rings is 1. The van der Waals surface area contributed by atoms with Gasteiger partial charge in [-0.25, -0.2) is 9.78 Å². The quantitative estimate of drug-likeness (QED) is 0.194. The minimum absolute atomic E-state index is 0.349. The fourth-order valence-electron chi connectivity index (χ4n) is 2.69. The molecule has 2 aromatic carbocycles. The number of nitrogens with one attached hydrogen (secondary N) is 2. The predicted octanol–water partition coefficient (Wildman–Crippen LogP) is 5.91. The van der Waals surface area contributed by atoms with Crippen LogP contribution in [-0.4, -0.2) is 30.3 Å². The predicted molar refractivity (Wildman–Crippen MR) is 127 cm³/mol. The third-order valence-corrected chi connectivity index (χ3v) is 5.39. The molecule has 0 aliphatic heterocycles. The molecular weight excluding hydrogens is 394 g/mol. The van der Waals surface area contributed by atoms with Gasteiger partial charge >= 0.3 is 5.97 Å². The molecule has 6 heteroatoms. The summed E-state index contributed by atoms with van der Waals surface area (Å²) in [6, 6.07) is 14.2. The van der Waals surface area contributed by atoms with Crippen molar-refractivity contribution in [2.24, 2.45) is 0 Å². The van der Waals surface area contributed by atoms with Crippen molar-refractivity contribution in [2.75, 3.05) is 18.5 Å².